The van der Waals surface area contributed by atoms with Crippen molar-refractivity contribution in [3.63, 3.8) is 0 Å². The summed E-state index contributed by atoms with van der Waals surface area (Å²) in [5, 5.41) is 41.4. The summed E-state index contributed by atoms with van der Waals surface area (Å²) < 4.78 is 1.19. The zero-order valence-corrected chi connectivity index (χ0v) is 16.6. The highest BCUT2D eigenvalue weighted by Gasteiger charge is 2.28. The molecule has 0 bridgehead atoms. The Balaban J connectivity index is 1.90. The molecule has 3 N–H and O–H groups in total. The predicted molar refractivity (Wildman–Crippen MR) is 114 cm³/mol. The van der Waals surface area contributed by atoms with Crippen LogP contribution in [0, 0.1) is 30.3 Å². The number of nitro groups is 3. The number of non-ortho nitro benzene ring substituents is 2. The summed E-state index contributed by atoms with van der Waals surface area (Å²) in [5.41, 5.74) is 5.60. The predicted octanol–water partition coefficient (Wildman–Crippen LogP) is 2.24. The summed E-state index contributed by atoms with van der Waals surface area (Å²) in [6.07, 6.45) is 0.880. The molecule has 0 radical (unpaired) electrons. The first-order valence-electron chi connectivity index (χ1n) is 8.84. The molecule has 2 aromatic carbocycles. The Morgan fingerprint density at radius 1 is 0.969 bits per heavy atom. The van der Waals surface area contributed by atoms with E-state index >= 15 is 0 Å². The highest BCUT2D eigenvalue weighted by Crippen LogP contribution is 2.33. The van der Waals surface area contributed by atoms with Crippen molar-refractivity contribution in [1.82, 2.24) is 25.9 Å². The number of aromatic nitrogens is 2. The number of nitrogens with zero attached hydrogens (tertiary/aromatic N) is 5. The van der Waals surface area contributed by atoms with E-state index in [9.17, 15) is 30.3 Å². The Bertz CT molecular complexity index is 1290. The molecule has 1 aromatic heterocycles. The standard InChI is InChI=1S/C17H12N8O6S/c26-23(27)10-3-1-2-9(6-10)15-12(16-18-17(32)20-19-16)8-22(21-15)13-5-4-11(24(28)29)7-14(13)25(30)31/h1-8,16,19H,(H2,18,20,32). The van der Waals surface area contributed by atoms with Crippen LogP contribution in [-0.4, -0.2) is 29.7 Å². The Labute approximate surface area is 183 Å². The lowest BCUT2D eigenvalue weighted by atomic mass is 10.1. The SMILES string of the molecule is O=[N+]([O-])c1cccc(-c2nn(-c3ccc([N+](=O)[O-])cc3[N+](=O)[O-])cc2C2NNC(=S)N2)c1. The first-order valence-corrected chi connectivity index (χ1v) is 9.25. The molecule has 1 aliphatic heterocycles. The van der Waals surface area contributed by atoms with Gasteiger partial charge >= 0.3 is 5.69 Å². The summed E-state index contributed by atoms with van der Waals surface area (Å²) in [6.45, 7) is 0. The van der Waals surface area contributed by atoms with Crippen molar-refractivity contribution in [3.05, 3.63) is 84.6 Å². The summed E-state index contributed by atoms with van der Waals surface area (Å²) in [6, 6.07) is 8.91. The van der Waals surface area contributed by atoms with Gasteiger partial charge in [0.05, 0.1) is 26.5 Å². The Hall–Kier alpha value is -4.50. The van der Waals surface area contributed by atoms with Crippen molar-refractivity contribution >= 4 is 34.4 Å². The molecule has 0 amide bonds. The van der Waals surface area contributed by atoms with E-state index in [2.05, 4.69) is 21.3 Å². The van der Waals surface area contributed by atoms with E-state index in [0.717, 1.165) is 12.1 Å². The highest BCUT2D eigenvalue weighted by molar-refractivity contribution is 7.80. The topological polar surface area (TPSA) is 183 Å². The van der Waals surface area contributed by atoms with Gasteiger partial charge in [0, 0.05) is 35.5 Å². The smallest absolute Gasteiger partial charge is 0.301 e. The average Bonchev–Trinajstić information content (AvgIpc) is 3.39. The van der Waals surface area contributed by atoms with E-state index in [1.807, 2.05) is 0 Å². The van der Waals surface area contributed by atoms with Crippen molar-refractivity contribution in [1.29, 1.82) is 0 Å². The van der Waals surface area contributed by atoms with Crippen LogP contribution in [0.3, 0.4) is 0 Å². The third kappa shape index (κ3) is 3.80. The molecule has 1 fully saturated rings. The maximum Gasteiger partial charge on any atom is 0.301 e. The van der Waals surface area contributed by atoms with Crippen LogP contribution >= 0.6 is 12.2 Å². The van der Waals surface area contributed by atoms with Crippen LogP contribution < -0.4 is 16.2 Å². The largest absolute Gasteiger partial charge is 0.341 e. The second-order valence-electron chi connectivity index (χ2n) is 6.55. The quantitative estimate of drug-likeness (QED) is 0.281. The summed E-state index contributed by atoms with van der Waals surface area (Å²) in [4.78, 5) is 31.8. The Kier molecular flexibility index (Phi) is 5.17. The van der Waals surface area contributed by atoms with Gasteiger partial charge in [0.2, 0.25) is 0 Å². The van der Waals surface area contributed by atoms with Crippen LogP contribution in [0.5, 0.6) is 0 Å². The van der Waals surface area contributed by atoms with E-state index in [1.54, 1.807) is 6.07 Å². The van der Waals surface area contributed by atoms with Crippen LogP contribution in [0.15, 0.2) is 48.7 Å². The van der Waals surface area contributed by atoms with Crippen molar-refractivity contribution in [3.8, 4) is 16.9 Å². The van der Waals surface area contributed by atoms with Crippen molar-refractivity contribution in [2.75, 3.05) is 0 Å². The lowest BCUT2D eigenvalue weighted by Crippen LogP contribution is -2.26. The third-order valence-electron chi connectivity index (χ3n) is 4.60. The molecule has 2 heterocycles. The molecule has 1 unspecified atom stereocenters. The minimum Gasteiger partial charge on any atom is -0.341 e. The van der Waals surface area contributed by atoms with Gasteiger partial charge in [-0.1, -0.05) is 12.1 Å². The normalized spacial score (nSPS) is 15.1. The fourth-order valence-corrected chi connectivity index (χ4v) is 3.35. The average molecular weight is 456 g/mol. The summed E-state index contributed by atoms with van der Waals surface area (Å²) in [7, 11) is 0. The van der Waals surface area contributed by atoms with Gasteiger partial charge < -0.3 is 5.32 Å². The van der Waals surface area contributed by atoms with Gasteiger partial charge in [-0.05, 0) is 18.3 Å². The monoisotopic (exact) mass is 456 g/mol. The molecule has 1 atom stereocenters. The zero-order valence-electron chi connectivity index (χ0n) is 15.8. The number of hydrazine groups is 1. The molecule has 15 heteroatoms. The number of rotatable bonds is 6. The van der Waals surface area contributed by atoms with E-state index in [1.165, 1.54) is 35.1 Å². The zero-order chi connectivity index (χ0) is 23.0. The molecule has 14 nitrogen and oxygen atoms in total. The van der Waals surface area contributed by atoms with Crippen LogP contribution in [0.2, 0.25) is 0 Å². The fourth-order valence-electron chi connectivity index (χ4n) is 3.17. The second-order valence-corrected chi connectivity index (χ2v) is 6.96. The Morgan fingerprint density at radius 2 is 1.69 bits per heavy atom. The van der Waals surface area contributed by atoms with Crippen LogP contribution in [0.25, 0.3) is 16.9 Å². The van der Waals surface area contributed by atoms with Gasteiger partial charge in [0.1, 0.15) is 11.9 Å². The lowest BCUT2D eigenvalue weighted by Gasteiger charge is -2.09. The van der Waals surface area contributed by atoms with E-state index in [4.69, 9.17) is 12.2 Å². The molecule has 1 saturated heterocycles. The molecule has 162 valence electrons. The lowest BCUT2D eigenvalue weighted by molar-refractivity contribution is -0.394. The van der Waals surface area contributed by atoms with Gasteiger partial charge in [-0.2, -0.15) is 5.10 Å². The molecule has 32 heavy (non-hydrogen) atoms. The van der Waals surface area contributed by atoms with Gasteiger partial charge in [-0.25, -0.2) is 10.1 Å². The number of benzene rings is 2. The first kappa shape index (κ1) is 20.8. The molecular weight excluding hydrogens is 444 g/mol. The number of hydrogen-bond acceptors (Lipinski definition) is 9. The number of hydrogen-bond donors (Lipinski definition) is 3. The number of nitro benzene ring substituents is 3. The van der Waals surface area contributed by atoms with Crippen molar-refractivity contribution in [2.24, 2.45) is 0 Å². The maximum atomic E-state index is 11.6. The number of nitrogens with one attached hydrogen (secondary N) is 3. The molecule has 0 spiro atoms. The molecule has 0 saturated carbocycles. The molecule has 1 aliphatic rings. The number of thiocarbonyl (C=S) groups is 1. The first-order chi connectivity index (χ1) is 15.2. The van der Waals surface area contributed by atoms with E-state index in [0.29, 0.717) is 16.2 Å². The molecular formula is C17H12N8O6S. The Morgan fingerprint density at radius 3 is 2.31 bits per heavy atom. The summed E-state index contributed by atoms with van der Waals surface area (Å²) >= 11 is 5.05. The molecule has 4 rings (SSSR count). The minimum atomic E-state index is -0.751. The van der Waals surface area contributed by atoms with Gasteiger partial charge in [0.15, 0.2) is 5.11 Å². The van der Waals surface area contributed by atoms with Gasteiger partial charge in [-0.15, -0.1) is 0 Å². The minimum absolute atomic E-state index is 0.0212. The fraction of sp³-hybridized carbons (Fsp3) is 0.0588. The van der Waals surface area contributed by atoms with Gasteiger partial charge in [-0.3, -0.25) is 35.8 Å². The maximum absolute atomic E-state index is 11.6. The summed E-state index contributed by atoms with van der Waals surface area (Å²) in [5.74, 6) is 0. The van der Waals surface area contributed by atoms with Crippen molar-refractivity contribution in [2.45, 2.75) is 6.17 Å². The van der Waals surface area contributed by atoms with Gasteiger partial charge in [0.25, 0.3) is 11.4 Å². The molecule has 3 aromatic rings. The molecule has 0 aliphatic carbocycles. The third-order valence-corrected chi connectivity index (χ3v) is 4.82. The van der Waals surface area contributed by atoms with Crippen LogP contribution in [-0.2, 0) is 0 Å². The second kappa shape index (κ2) is 7.97. The van der Waals surface area contributed by atoms with E-state index in [-0.39, 0.29) is 17.1 Å². The highest BCUT2D eigenvalue weighted by atomic mass is 32.1. The van der Waals surface area contributed by atoms with Crippen molar-refractivity contribution < 1.29 is 14.8 Å². The van der Waals surface area contributed by atoms with E-state index < -0.39 is 32.3 Å². The van der Waals surface area contributed by atoms with Crippen LogP contribution in [0.4, 0.5) is 17.1 Å². The van der Waals surface area contributed by atoms with Crippen LogP contribution in [0.1, 0.15) is 11.7 Å².